The molecule has 0 amide bonds. The Morgan fingerprint density at radius 1 is 1.19 bits per heavy atom. The largest absolute Gasteiger partial charge is 0.480 e. The van der Waals surface area contributed by atoms with Crippen LogP contribution in [0.4, 0.5) is 8.78 Å². The molecule has 6 nitrogen and oxygen atoms in total. The predicted molar refractivity (Wildman–Crippen MR) is 87.6 cm³/mol. The van der Waals surface area contributed by atoms with Crippen molar-refractivity contribution >= 4 is 5.97 Å². The second-order valence-corrected chi connectivity index (χ2v) is 5.65. The molecule has 0 spiro atoms. The summed E-state index contributed by atoms with van der Waals surface area (Å²) in [5, 5.41) is 12.3. The summed E-state index contributed by atoms with van der Waals surface area (Å²) in [5.41, 5.74) is 1.20. The van der Waals surface area contributed by atoms with Crippen LogP contribution in [0.15, 0.2) is 42.5 Å². The van der Waals surface area contributed by atoms with E-state index in [1.54, 1.807) is 0 Å². The highest BCUT2D eigenvalue weighted by Gasteiger charge is 2.22. The number of ether oxygens (including phenoxy) is 3. The molecule has 1 heterocycles. The molecule has 0 aromatic heterocycles. The van der Waals surface area contributed by atoms with E-state index in [1.807, 2.05) is 30.3 Å². The average molecular weight is 365 g/mol. The van der Waals surface area contributed by atoms with Crippen LogP contribution in [-0.4, -0.2) is 30.5 Å². The lowest BCUT2D eigenvalue weighted by atomic mass is 10.1. The van der Waals surface area contributed by atoms with Gasteiger partial charge in [0.2, 0.25) is 6.79 Å². The molecule has 0 radical (unpaired) electrons. The summed E-state index contributed by atoms with van der Waals surface area (Å²) in [7, 11) is 0. The molecule has 0 saturated carbocycles. The van der Waals surface area contributed by atoms with Crippen LogP contribution in [0, 0.1) is 0 Å². The van der Waals surface area contributed by atoms with E-state index in [-0.39, 0.29) is 25.5 Å². The molecule has 2 N–H and O–H groups in total. The molecule has 0 bridgehead atoms. The fourth-order valence-electron chi connectivity index (χ4n) is 2.64. The summed E-state index contributed by atoms with van der Waals surface area (Å²) >= 11 is 0. The second-order valence-electron chi connectivity index (χ2n) is 5.65. The first-order valence-electron chi connectivity index (χ1n) is 7.90. The lowest BCUT2D eigenvalue weighted by molar-refractivity contribution is -0.139. The molecule has 1 aliphatic rings. The molecule has 2 aromatic rings. The Morgan fingerprint density at radius 3 is 2.54 bits per heavy atom. The maximum atomic E-state index is 12.7. The van der Waals surface area contributed by atoms with Gasteiger partial charge in [-0.1, -0.05) is 30.3 Å². The van der Waals surface area contributed by atoms with Crippen molar-refractivity contribution in [2.24, 2.45) is 0 Å². The lowest BCUT2D eigenvalue weighted by Crippen LogP contribution is -2.38. The number of benzene rings is 2. The number of fused-ring (bicyclic) bond motifs is 1. The first-order valence-corrected chi connectivity index (χ1v) is 7.90. The summed E-state index contributed by atoms with van der Waals surface area (Å²) in [4.78, 5) is 11.5. The maximum Gasteiger partial charge on any atom is 0.387 e. The Kier molecular flexibility index (Phi) is 5.52. The minimum atomic E-state index is -3.01. The van der Waals surface area contributed by atoms with E-state index in [0.717, 1.165) is 5.56 Å². The van der Waals surface area contributed by atoms with Gasteiger partial charge in [0.15, 0.2) is 11.5 Å². The number of carboxylic acids is 1. The molecule has 138 valence electrons. The van der Waals surface area contributed by atoms with Gasteiger partial charge in [-0.3, -0.25) is 10.1 Å². The molecule has 0 unspecified atom stereocenters. The number of nitrogens with one attached hydrogen (secondary N) is 1. The number of carbonyl (C=O) groups is 1. The van der Waals surface area contributed by atoms with Crippen molar-refractivity contribution in [2.75, 3.05) is 6.79 Å². The molecule has 0 aliphatic carbocycles. The fraction of sp³-hybridized carbons (Fsp3) is 0.278. The monoisotopic (exact) mass is 365 g/mol. The predicted octanol–water partition coefficient (Wildman–Crippen LogP) is 2.80. The van der Waals surface area contributed by atoms with E-state index in [2.05, 4.69) is 10.1 Å². The standard InChI is InChI=1S/C18H17F2NO5/c19-18(20)26-14-8-16-15(24-10-25-16)7-12(14)9-21-13(17(22)23)6-11-4-2-1-3-5-11/h1-5,7-8,13,18,21H,6,9-10H2,(H,22,23)/t13-/m0/s1. The Bertz CT molecular complexity index is 770. The van der Waals surface area contributed by atoms with Gasteiger partial charge >= 0.3 is 12.6 Å². The summed E-state index contributed by atoms with van der Waals surface area (Å²) < 4.78 is 40.2. The van der Waals surface area contributed by atoms with Gasteiger partial charge in [-0.2, -0.15) is 8.78 Å². The van der Waals surface area contributed by atoms with Crippen molar-refractivity contribution < 1.29 is 32.9 Å². The number of halogens is 2. The van der Waals surface area contributed by atoms with Crippen molar-refractivity contribution in [1.82, 2.24) is 5.32 Å². The van der Waals surface area contributed by atoms with E-state index in [0.29, 0.717) is 17.1 Å². The number of aliphatic carboxylic acids is 1. The number of hydrogen-bond donors (Lipinski definition) is 2. The van der Waals surface area contributed by atoms with Gasteiger partial charge in [0, 0.05) is 18.2 Å². The molecule has 1 aliphatic heterocycles. The van der Waals surface area contributed by atoms with Crippen molar-refractivity contribution in [3.8, 4) is 17.2 Å². The van der Waals surface area contributed by atoms with Gasteiger partial charge in [-0.15, -0.1) is 0 Å². The number of hydrogen-bond acceptors (Lipinski definition) is 5. The number of rotatable bonds is 8. The van der Waals surface area contributed by atoms with Crippen LogP contribution in [0.5, 0.6) is 17.2 Å². The first-order chi connectivity index (χ1) is 12.5. The van der Waals surface area contributed by atoms with Crippen LogP contribution < -0.4 is 19.5 Å². The fourth-order valence-corrected chi connectivity index (χ4v) is 2.64. The zero-order chi connectivity index (χ0) is 18.5. The normalized spacial score (nSPS) is 13.7. The summed E-state index contributed by atoms with van der Waals surface area (Å²) in [6.07, 6.45) is 0.256. The van der Waals surface area contributed by atoms with E-state index in [4.69, 9.17) is 9.47 Å². The molecule has 0 fully saturated rings. The van der Waals surface area contributed by atoms with E-state index in [9.17, 15) is 18.7 Å². The highest BCUT2D eigenvalue weighted by atomic mass is 19.3. The van der Waals surface area contributed by atoms with Crippen LogP contribution >= 0.6 is 0 Å². The van der Waals surface area contributed by atoms with Crippen LogP contribution in [0.1, 0.15) is 11.1 Å². The van der Waals surface area contributed by atoms with E-state index in [1.165, 1.54) is 12.1 Å². The molecule has 8 heteroatoms. The number of alkyl halides is 2. The van der Waals surface area contributed by atoms with Gasteiger partial charge in [-0.25, -0.2) is 0 Å². The quantitative estimate of drug-likeness (QED) is 0.749. The van der Waals surface area contributed by atoms with Gasteiger partial charge < -0.3 is 19.3 Å². The Balaban J connectivity index is 1.75. The molecular formula is C18H17F2NO5. The zero-order valence-electron chi connectivity index (χ0n) is 13.7. The van der Waals surface area contributed by atoms with Crippen LogP contribution in [0.25, 0.3) is 0 Å². The van der Waals surface area contributed by atoms with Crippen molar-refractivity contribution in [3.05, 3.63) is 53.6 Å². The lowest BCUT2D eigenvalue weighted by Gasteiger charge is -2.17. The SMILES string of the molecule is O=C(O)[C@H](Cc1ccccc1)NCc1cc2c(cc1OC(F)F)OCO2. The Hall–Kier alpha value is -2.87. The van der Waals surface area contributed by atoms with Crippen molar-refractivity contribution in [1.29, 1.82) is 0 Å². The van der Waals surface area contributed by atoms with E-state index >= 15 is 0 Å². The second kappa shape index (κ2) is 8.01. The minimum absolute atomic E-state index is 0.00785. The Morgan fingerprint density at radius 2 is 1.88 bits per heavy atom. The molecule has 2 aromatic carbocycles. The first kappa shape index (κ1) is 17.9. The maximum absolute atomic E-state index is 12.7. The summed E-state index contributed by atoms with van der Waals surface area (Å²) in [6.45, 7) is -3.00. The van der Waals surface area contributed by atoms with Gasteiger partial charge in [0.25, 0.3) is 0 Å². The average Bonchev–Trinajstić information content (AvgIpc) is 3.05. The third-order valence-electron chi connectivity index (χ3n) is 3.89. The zero-order valence-corrected chi connectivity index (χ0v) is 13.7. The molecule has 26 heavy (non-hydrogen) atoms. The minimum Gasteiger partial charge on any atom is -0.480 e. The van der Waals surface area contributed by atoms with Gasteiger partial charge in [0.05, 0.1) is 0 Å². The van der Waals surface area contributed by atoms with E-state index < -0.39 is 18.6 Å². The van der Waals surface area contributed by atoms with Crippen molar-refractivity contribution in [3.63, 3.8) is 0 Å². The van der Waals surface area contributed by atoms with Crippen LogP contribution in [0.3, 0.4) is 0 Å². The molecule has 1 atom stereocenters. The Labute approximate surface area is 148 Å². The van der Waals surface area contributed by atoms with Crippen molar-refractivity contribution in [2.45, 2.75) is 25.6 Å². The number of carboxylic acid groups (broad SMARTS) is 1. The van der Waals surface area contributed by atoms with Gasteiger partial charge in [0.1, 0.15) is 11.8 Å². The van der Waals surface area contributed by atoms with Gasteiger partial charge in [-0.05, 0) is 18.1 Å². The molecular weight excluding hydrogens is 348 g/mol. The highest BCUT2D eigenvalue weighted by Crippen LogP contribution is 2.38. The molecule has 3 rings (SSSR count). The smallest absolute Gasteiger partial charge is 0.387 e. The summed E-state index contributed by atoms with van der Waals surface area (Å²) in [5.74, 6) is -0.409. The third-order valence-corrected chi connectivity index (χ3v) is 3.89. The third kappa shape index (κ3) is 4.40. The topological polar surface area (TPSA) is 77.0 Å². The molecule has 0 saturated heterocycles. The van der Waals surface area contributed by atoms with Crippen LogP contribution in [0.2, 0.25) is 0 Å². The summed E-state index contributed by atoms with van der Waals surface area (Å²) in [6, 6.07) is 11.1. The van der Waals surface area contributed by atoms with Crippen LogP contribution in [-0.2, 0) is 17.8 Å². The highest BCUT2D eigenvalue weighted by molar-refractivity contribution is 5.74.